The van der Waals surface area contributed by atoms with Crippen molar-refractivity contribution in [3.8, 4) is 0 Å². The van der Waals surface area contributed by atoms with Crippen LogP contribution in [0.5, 0.6) is 0 Å². The van der Waals surface area contributed by atoms with E-state index >= 15 is 0 Å². The minimum Gasteiger partial charge on any atom is -0.391 e. The van der Waals surface area contributed by atoms with Crippen LogP contribution in [0, 0.1) is 0 Å². The molecule has 1 unspecified atom stereocenters. The standard InChI is InChI=1S/C10H13N3O3/c14-8-2-5-12(6-8)9(15)7-13-4-1-3-11-10(13)16/h1,3-4,8,14H,2,5-7H2. The SMILES string of the molecule is O=C(Cn1cccnc1=O)N1CCC(O)C1. The molecule has 1 aliphatic rings. The van der Waals surface area contributed by atoms with Gasteiger partial charge in [-0.1, -0.05) is 0 Å². The number of hydrogen-bond acceptors (Lipinski definition) is 4. The first kappa shape index (κ1) is 10.8. The summed E-state index contributed by atoms with van der Waals surface area (Å²) in [4.78, 5) is 28.1. The third-order valence-corrected chi connectivity index (χ3v) is 2.60. The number of carbonyl (C=O) groups excluding carboxylic acids is 1. The molecule has 1 saturated heterocycles. The molecule has 1 aliphatic heterocycles. The third kappa shape index (κ3) is 2.27. The zero-order chi connectivity index (χ0) is 11.5. The molecule has 0 saturated carbocycles. The Morgan fingerprint density at radius 3 is 3.06 bits per heavy atom. The van der Waals surface area contributed by atoms with Crippen molar-refractivity contribution in [2.45, 2.75) is 19.1 Å². The summed E-state index contributed by atoms with van der Waals surface area (Å²) in [6.45, 7) is 0.891. The highest BCUT2D eigenvalue weighted by atomic mass is 16.3. The Bertz CT molecular complexity index is 443. The summed E-state index contributed by atoms with van der Waals surface area (Å²) >= 11 is 0. The van der Waals surface area contributed by atoms with E-state index in [-0.39, 0.29) is 12.5 Å². The summed E-state index contributed by atoms with van der Waals surface area (Å²) in [5.41, 5.74) is -0.435. The van der Waals surface area contributed by atoms with Gasteiger partial charge < -0.3 is 10.0 Å². The zero-order valence-electron chi connectivity index (χ0n) is 8.74. The van der Waals surface area contributed by atoms with Crippen molar-refractivity contribution in [3.63, 3.8) is 0 Å². The second kappa shape index (κ2) is 4.44. The molecule has 16 heavy (non-hydrogen) atoms. The van der Waals surface area contributed by atoms with Gasteiger partial charge in [0.15, 0.2) is 0 Å². The van der Waals surface area contributed by atoms with E-state index in [1.54, 1.807) is 11.0 Å². The van der Waals surface area contributed by atoms with Gasteiger partial charge in [-0.15, -0.1) is 0 Å². The Balaban J connectivity index is 2.03. The fourth-order valence-electron chi connectivity index (χ4n) is 1.72. The Morgan fingerprint density at radius 2 is 2.44 bits per heavy atom. The maximum atomic E-state index is 11.7. The first-order valence-corrected chi connectivity index (χ1v) is 5.14. The molecular weight excluding hydrogens is 210 g/mol. The molecular formula is C10H13N3O3. The minimum absolute atomic E-state index is 0.0145. The third-order valence-electron chi connectivity index (χ3n) is 2.60. The van der Waals surface area contributed by atoms with Crippen molar-refractivity contribution in [2.75, 3.05) is 13.1 Å². The topological polar surface area (TPSA) is 75.4 Å². The Labute approximate surface area is 92.1 Å². The van der Waals surface area contributed by atoms with E-state index < -0.39 is 11.8 Å². The maximum Gasteiger partial charge on any atom is 0.347 e. The van der Waals surface area contributed by atoms with Crippen molar-refractivity contribution in [3.05, 3.63) is 28.9 Å². The smallest absolute Gasteiger partial charge is 0.347 e. The quantitative estimate of drug-likeness (QED) is 0.686. The van der Waals surface area contributed by atoms with E-state index in [0.29, 0.717) is 19.5 Å². The summed E-state index contributed by atoms with van der Waals surface area (Å²) in [6, 6.07) is 1.60. The highest BCUT2D eigenvalue weighted by Crippen LogP contribution is 2.08. The van der Waals surface area contributed by atoms with Crippen molar-refractivity contribution < 1.29 is 9.90 Å². The lowest BCUT2D eigenvalue weighted by Crippen LogP contribution is -2.35. The summed E-state index contributed by atoms with van der Waals surface area (Å²) < 4.78 is 1.26. The number of hydrogen-bond donors (Lipinski definition) is 1. The highest BCUT2D eigenvalue weighted by Gasteiger charge is 2.24. The lowest BCUT2D eigenvalue weighted by Gasteiger charge is -2.15. The number of carbonyl (C=O) groups is 1. The van der Waals surface area contributed by atoms with E-state index in [0.717, 1.165) is 0 Å². The van der Waals surface area contributed by atoms with Gasteiger partial charge in [0, 0.05) is 25.5 Å². The van der Waals surface area contributed by atoms with Crippen LogP contribution >= 0.6 is 0 Å². The van der Waals surface area contributed by atoms with Gasteiger partial charge in [0.25, 0.3) is 0 Å². The zero-order valence-corrected chi connectivity index (χ0v) is 8.74. The highest BCUT2D eigenvalue weighted by molar-refractivity contribution is 5.76. The molecule has 0 aromatic carbocycles. The Kier molecular flexibility index (Phi) is 3.00. The molecule has 1 fully saturated rings. The lowest BCUT2D eigenvalue weighted by atomic mass is 10.3. The lowest BCUT2D eigenvalue weighted by molar-refractivity contribution is -0.131. The van der Waals surface area contributed by atoms with Crippen LogP contribution in [-0.2, 0) is 11.3 Å². The second-order valence-electron chi connectivity index (χ2n) is 3.81. The molecule has 1 atom stereocenters. The number of nitrogens with zero attached hydrogens (tertiary/aromatic N) is 3. The Hall–Kier alpha value is -1.69. The minimum atomic E-state index is -0.436. The monoisotopic (exact) mass is 223 g/mol. The number of likely N-dealkylation sites (tertiary alicyclic amines) is 1. The fraction of sp³-hybridized carbons (Fsp3) is 0.500. The molecule has 6 heteroatoms. The van der Waals surface area contributed by atoms with Crippen molar-refractivity contribution >= 4 is 5.91 Å². The largest absolute Gasteiger partial charge is 0.391 e. The average molecular weight is 223 g/mol. The van der Waals surface area contributed by atoms with E-state index in [1.807, 2.05) is 0 Å². The number of rotatable bonds is 2. The van der Waals surface area contributed by atoms with Crippen LogP contribution in [0.15, 0.2) is 23.3 Å². The number of aliphatic hydroxyl groups is 1. The van der Waals surface area contributed by atoms with Crippen LogP contribution in [0.25, 0.3) is 0 Å². The molecule has 1 N–H and O–H groups in total. The van der Waals surface area contributed by atoms with E-state index in [1.165, 1.54) is 17.0 Å². The number of β-amino-alcohol motifs (C(OH)–C–C–N with tert-alkyl or cyclic N) is 1. The van der Waals surface area contributed by atoms with Crippen LogP contribution in [0.2, 0.25) is 0 Å². The van der Waals surface area contributed by atoms with Crippen LogP contribution in [0.3, 0.4) is 0 Å². The molecule has 0 radical (unpaired) electrons. The molecule has 1 amide bonds. The van der Waals surface area contributed by atoms with E-state index in [9.17, 15) is 14.7 Å². The molecule has 0 bridgehead atoms. The number of aliphatic hydroxyl groups excluding tert-OH is 1. The van der Waals surface area contributed by atoms with Gasteiger partial charge in [-0.05, 0) is 12.5 Å². The molecule has 2 heterocycles. The van der Waals surface area contributed by atoms with Crippen LogP contribution in [-0.4, -0.2) is 44.7 Å². The van der Waals surface area contributed by atoms with Crippen LogP contribution < -0.4 is 5.69 Å². The maximum absolute atomic E-state index is 11.7. The Morgan fingerprint density at radius 1 is 1.62 bits per heavy atom. The number of aromatic nitrogens is 2. The summed E-state index contributed by atoms with van der Waals surface area (Å²) in [6.07, 6.45) is 3.09. The van der Waals surface area contributed by atoms with Crippen LogP contribution in [0.1, 0.15) is 6.42 Å². The van der Waals surface area contributed by atoms with Crippen LogP contribution in [0.4, 0.5) is 0 Å². The van der Waals surface area contributed by atoms with Crippen molar-refractivity contribution in [1.29, 1.82) is 0 Å². The predicted molar refractivity (Wildman–Crippen MR) is 55.7 cm³/mol. The molecule has 1 aromatic heterocycles. The van der Waals surface area contributed by atoms with Gasteiger partial charge in [0.2, 0.25) is 5.91 Å². The second-order valence-corrected chi connectivity index (χ2v) is 3.81. The molecule has 0 aliphatic carbocycles. The fourth-order valence-corrected chi connectivity index (χ4v) is 1.72. The summed E-state index contributed by atoms with van der Waals surface area (Å²) in [7, 11) is 0. The van der Waals surface area contributed by atoms with Crippen molar-refractivity contribution in [1.82, 2.24) is 14.5 Å². The normalized spacial score (nSPS) is 20.1. The molecule has 86 valence electrons. The van der Waals surface area contributed by atoms with Gasteiger partial charge in [0.05, 0.1) is 6.10 Å². The van der Waals surface area contributed by atoms with Gasteiger partial charge in [-0.3, -0.25) is 9.36 Å². The van der Waals surface area contributed by atoms with Gasteiger partial charge >= 0.3 is 5.69 Å². The first-order chi connectivity index (χ1) is 7.66. The first-order valence-electron chi connectivity index (χ1n) is 5.14. The molecule has 2 rings (SSSR count). The molecule has 0 spiro atoms. The summed E-state index contributed by atoms with van der Waals surface area (Å²) in [5.74, 6) is -0.161. The average Bonchev–Trinajstić information content (AvgIpc) is 2.68. The van der Waals surface area contributed by atoms with Crippen molar-refractivity contribution in [2.24, 2.45) is 0 Å². The number of amides is 1. The van der Waals surface area contributed by atoms with E-state index in [4.69, 9.17) is 0 Å². The van der Waals surface area contributed by atoms with E-state index in [2.05, 4.69) is 4.98 Å². The van der Waals surface area contributed by atoms with Gasteiger partial charge in [-0.2, -0.15) is 0 Å². The predicted octanol–water partition coefficient (Wildman–Crippen LogP) is -1.16. The van der Waals surface area contributed by atoms with Gasteiger partial charge in [-0.25, -0.2) is 9.78 Å². The molecule has 1 aromatic rings. The molecule has 6 nitrogen and oxygen atoms in total. The summed E-state index contributed by atoms with van der Waals surface area (Å²) in [5, 5.41) is 9.29. The van der Waals surface area contributed by atoms with Gasteiger partial charge in [0.1, 0.15) is 6.54 Å².